The summed E-state index contributed by atoms with van der Waals surface area (Å²) in [6, 6.07) is 162. The van der Waals surface area contributed by atoms with Crippen LogP contribution in [0.25, 0.3) is 89.0 Å². The fourth-order valence-electron chi connectivity index (χ4n) is 14.4. The van der Waals surface area contributed by atoms with Crippen molar-refractivity contribution in [3.8, 4) is 89.0 Å². The van der Waals surface area contributed by atoms with Crippen molar-refractivity contribution < 1.29 is 0 Å². The number of para-hydroxylation sites is 2. The summed E-state index contributed by atoms with van der Waals surface area (Å²) in [5.41, 5.74) is 31.6. The van der Waals surface area contributed by atoms with Crippen molar-refractivity contribution in [2.75, 3.05) is 19.6 Å². The van der Waals surface area contributed by atoms with E-state index in [1.54, 1.807) is 0 Å². The standard InChI is InChI=1S/C102H74N4/c1-7-23-75(24-8-1)87-31-19-39-99(71-87)105(100-40-20-32-88(72-100)76-25-9-2-10-26-76)97-67-55-85(56-68-97)83-51-63-95(64-52-83)103(91-35-15-5-16-36-91)93-59-47-81(48-60-93)79-43-45-80(46-44-79)82-49-61-94(62-50-82)104(92-37-17-6-18-38-92)96-65-53-84(54-66-96)86-57-69-98(70-58-86)106(101-41-21-33-89(73-101)77-27-11-3-12-28-77)102-42-22-34-90(74-102)78-29-13-4-14-30-78/h1-74H. The summed E-state index contributed by atoms with van der Waals surface area (Å²) in [7, 11) is 0. The van der Waals surface area contributed by atoms with Gasteiger partial charge in [-0.3, -0.25) is 0 Å². The maximum absolute atomic E-state index is 2.36. The van der Waals surface area contributed by atoms with Gasteiger partial charge >= 0.3 is 0 Å². The van der Waals surface area contributed by atoms with E-state index in [1.807, 2.05) is 0 Å². The Bertz CT molecular complexity index is 5210. The van der Waals surface area contributed by atoms with Crippen LogP contribution in [0, 0.1) is 0 Å². The molecular formula is C102H74N4. The van der Waals surface area contributed by atoms with Crippen molar-refractivity contribution in [2.24, 2.45) is 0 Å². The van der Waals surface area contributed by atoms with Gasteiger partial charge in [0.2, 0.25) is 0 Å². The quantitative estimate of drug-likeness (QED) is 0.0754. The van der Waals surface area contributed by atoms with Gasteiger partial charge in [-0.15, -0.1) is 0 Å². The first kappa shape index (κ1) is 65.3. The maximum atomic E-state index is 2.36. The molecule has 4 nitrogen and oxygen atoms in total. The summed E-state index contributed by atoms with van der Waals surface area (Å²) in [6.45, 7) is 0. The highest BCUT2D eigenvalue weighted by atomic mass is 15.2. The smallest absolute Gasteiger partial charge is 0.0467 e. The molecule has 0 N–H and O–H groups in total. The monoisotopic (exact) mass is 1350 g/mol. The van der Waals surface area contributed by atoms with E-state index in [0.29, 0.717) is 0 Å². The number of hydrogen-bond acceptors (Lipinski definition) is 4. The van der Waals surface area contributed by atoms with Crippen LogP contribution in [0.15, 0.2) is 449 Å². The van der Waals surface area contributed by atoms with Crippen molar-refractivity contribution in [1.29, 1.82) is 0 Å². The van der Waals surface area contributed by atoms with Gasteiger partial charge in [-0.1, -0.05) is 303 Å². The molecule has 17 aromatic rings. The Labute approximate surface area is 621 Å². The van der Waals surface area contributed by atoms with E-state index in [0.717, 1.165) is 113 Å². The van der Waals surface area contributed by atoms with Crippen molar-refractivity contribution in [3.05, 3.63) is 449 Å². The molecule has 0 atom stereocenters. The van der Waals surface area contributed by atoms with Gasteiger partial charge in [-0.05, 0) is 235 Å². The van der Waals surface area contributed by atoms with Crippen molar-refractivity contribution in [3.63, 3.8) is 0 Å². The molecule has 17 rings (SSSR count). The second-order valence-corrected chi connectivity index (χ2v) is 26.5. The van der Waals surface area contributed by atoms with E-state index in [2.05, 4.69) is 469 Å². The van der Waals surface area contributed by atoms with Gasteiger partial charge in [0.15, 0.2) is 0 Å². The summed E-state index contributed by atoms with van der Waals surface area (Å²) in [6.07, 6.45) is 0. The van der Waals surface area contributed by atoms with E-state index in [4.69, 9.17) is 0 Å². The molecule has 0 heterocycles. The van der Waals surface area contributed by atoms with Gasteiger partial charge in [-0.2, -0.15) is 0 Å². The van der Waals surface area contributed by atoms with Gasteiger partial charge in [0.25, 0.3) is 0 Å². The van der Waals surface area contributed by atoms with E-state index in [-0.39, 0.29) is 0 Å². The molecule has 0 aliphatic carbocycles. The topological polar surface area (TPSA) is 13.0 Å². The van der Waals surface area contributed by atoms with Crippen LogP contribution in [0.1, 0.15) is 0 Å². The Kier molecular flexibility index (Phi) is 18.6. The van der Waals surface area contributed by atoms with E-state index < -0.39 is 0 Å². The Morgan fingerprint density at radius 3 is 0.396 bits per heavy atom. The molecule has 4 heteroatoms. The van der Waals surface area contributed by atoms with Crippen LogP contribution in [0.5, 0.6) is 0 Å². The van der Waals surface area contributed by atoms with E-state index in [1.165, 1.54) is 44.5 Å². The molecule has 0 saturated heterocycles. The Morgan fingerprint density at radius 2 is 0.208 bits per heavy atom. The largest absolute Gasteiger partial charge is 0.311 e. The molecule has 0 radical (unpaired) electrons. The summed E-state index contributed by atoms with van der Waals surface area (Å²) < 4.78 is 0. The second-order valence-electron chi connectivity index (χ2n) is 26.5. The van der Waals surface area contributed by atoms with Crippen LogP contribution in [0.2, 0.25) is 0 Å². The predicted molar refractivity (Wildman–Crippen MR) is 449 cm³/mol. The van der Waals surface area contributed by atoms with Gasteiger partial charge in [0.1, 0.15) is 0 Å². The van der Waals surface area contributed by atoms with Crippen molar-refractivity contribution >= 4 is 68.2 Å². The van der Waals surface area contributed by atoms with Crippen LogP contribution >= 0.6 is 0 Å². The fraction of sp³-hybridized carbons (Fsp3) is 0. The zero-order valence-corrected chi connectivity index (χ0v) is 58.5. The van der Waals surface area contributed by atoms with Crippen LogP contribution in [-0.2, 0) is 0 Å². The van der Waals surface area contributed by atoms with E-state index >= 15 is 0 Å². The highest BCUT2D eigenvalue weighted by molar-refractivity contribution is 5.88. The van der Waals surface area contributed by atoms with Crippen molar-refractivity contribution in [2.45, 2.75) is 0 Å². The van der Waals surface area contributed by atoms with Crippen molar-refractivity contribution in [1.82, 2.24) is 0 Å². The van der Waals surface area contributed by atoms with Crippen LogP contribution in [-0.4, -0.2) is 0 Å². The zero-order valence-electron chi connectivity index (χ0n) is 58.5. The number of hydrogen-bond donors (Lipinski definition) is 0. The molecule has 106 heavy (non-hydrogen) atoms. The molecule has 0 saturated carbocycles. The maximum Gasteiger partial charge on any atom is 0.0467 e. The fourth-order valence-corrected chi connectivity index (χ4v) is 14.4. The molecule has 502 valence electrons. The van der Waals surface area contributed by atoms with Gasteiger partial charge in [0, 0.05) is 68.2 Å². The molecule has 0 aliphatic heterocycles. The number of rotatable bonds is 20. The van der Waals surface area contributed by atoms with Gasteiger partial charge in [0.05, 0.1) is 0 Å². The molecule has 17 aromatic carbocycles. The third-order valence-corrected chi connectivity index (χ3v) is 19.8. The van der Waals surface area contributed by atoms with Crippen LogP contribution in [0.4, 0.5) is 68.2 Å². The van der Waals surface area contributed by atoms with E-state index in [9.17, 15) is 0 Å². The zero-order chi connectivity index (χ0) is 70.8. The van der Waals surface area contributed by atoms with Crippen LogP contribution < -0.4 is 19.6 Å². The molecule has 0 aromatic heterocycles. The molecule has 0 spiro atoms. The average Bonchev–Trinajstić information content (AvgIpc) is 0.628. The first-order valence-corrected chi connectivity index (χ1v) is 36.2. The minimum atomic E-state index is 1.08. The SMILES string of the molecule is c1ccc(-c2cccc(N(c3ccc(-c4ccc(N(c5ccccc5)c5ccc(-c6ccc(-c7ccc(N(c8ccccc8)c8ccc(-c9ccc(N(c%10cccc(-c%11ccccc%11)c%10)c%10cccc(-c%11ccccc%11)c%10)cc9)cc8)cc7)cc6)cc5)cc4)cc3)c3cccc(-c4ccccc4)c3)c2)cc1. The minimum Gasteiger partial charge on any atom is -0.311 e. The Morgan fingerprint density at radius 1 is 0.0849 bits per heavy atom. The highest BCUT2D eigenvalue weighted by Crippen LogP contribution is 2.44. The molecule has 0 bridgehead atoms. The molecular weight excluding hydrogens is 1280 g/mol. The third-order valence-electron chi connectivity index (χ3n) is 19.8. The number of benzene rings is 17. The third kappa shape index (κ3) is 14.2. The Hall–Kier alpha value is -14.1. The van der Waals surface area contributed by atoms with Gasteiger partial charge < -0.3 is 19.6 Å². The molecule has 0 amide bonds. The lowest BCUT2D eigenvalue weighted by molar-refractivity contribution is 1.28. The summed E-state index contributed by atoms with van der Waals surface area (Å²) in [5.74, 6) is 0. The highest BCUT2D eigenvalue weighted by Gasteiger charge is 2.20. The van der Waals surface area contributed by atoms with Gasteiger partial charge in [-0.25, -0.2) is 0 Å². The predicted octanol–water partition coefficient (Wildman–Crippen LogP) is 28.9. The second kappa shape index (κ2) is 30.3. The normalized spacial score (nSPS) is 11.0. The first-order chi connectivity index (χ1) is 52.5. The first-order valence-electron chi connectivity index (χ1n) is 36.2. The average molecular weight is 1360 g/mol. The summed E-state index contributed by atoms with van der Waals surface area (Å²) in [5, 5.41) is 0. The van der Waals surface area contributed by atoms with Crippen LogP contribution in [0.3, 0.4) is 0 Å². The molecule has 0 unspecified atom stereocenters. The number of anilines is 12. The summed E-state index contributed by atoms with van der Waals surface area (Å²) >= 11 is 0. The molecule has 0 fully saturated rings. The minimum absolute atomic E-state index is 1.08. The lowest BCUT2D eigenvalue weighted by Gasteiger charge is -2.27. The molecule has 0 aliphatic rings. The Balaban J connectivity index is 0.590. The lowest BCUT2D eigenvalue weighted by atomic mass is 9.99. The lowest BCUT2D eigenvalue weighted by Crippen LogP contribution is -2.10. The number of nitrogens with zero attached hydrogens (tertiary/aromatic N) is 4. The summed E-state index contributed by atoms with van der Waals surface area (Å²) in [4.78, 5) is 9.38.